The second-order valence-corrected chi connectivity index (χ2v) is 8.21. The molecule has 2 aromatic carbocycles. The Balaban J connectivity index is 1.49. The van der Waals surface area contributed by atoms with Crippen LogP contribution in [0.5, 0.6) is 11.5 Å². The predicted molar refractivity (Wildman–Crippen MR) is 131 cm³/mol. The van der Waals surface area contributed by atoms with Gasteiger partial charge in [-0.25, -0.2) is 0 Å². The number of aromatic nitrogens is 1. The fraction of sp³-hybridized carbons (Fsp3) is 0.280. The standard InChI is InChI=1S/C25H27N3O3S/c1-4-28-24(29)22(26-25(28)32)15-18-16-27(23-8-6-5-7-21(18)23)13-14-30-19-9-11-20(12-10-19)31-17(2)3/h5-12,15-17H,4,13-14H2,1-3H3,(H,26,32)/b22-15-. The van der Waals surface area contributed by atoms with Gasteiger partial charge in [0.15, 0.2) is 5.11 Å². The average Bonchev–Trinajstić information content (AvgIpc) is 3.25. The van der Waals surface area contributed by atoms with Crippen molar-refractivity contribution in [2.24, 2.45) is 0 Å². The number of fused-ring (bicyclic) bond motifs is 1. The summed E-state index contributed by atoms with van der Waals surface area (Å²) in [4.78, 5) is 14.1. The number of benzene rings is 2. The zero-order chi connectivity index (χ0) is 22.7. The molecule has 0 atom stereocenters. The molecular formula is C25H27N3O3S. The van der Waals surface area contributed by atoms with Crippen molar-refractivity contribution in [3.63, 3.8) is 0 Å². The molecule has 0 unspecified atom stereocenters. The van der Waals surface area contributed by atoms with Crippen LogP contribution in [0.1, 0.15) is 26.3 Å². The minimum absolute atomic E-state index is 0.0949. The van der Waals surface area contributed by atoms with E-state index in [1.807, 2.05) is 69.4 Å². The van der Waals surface area contributed by atoms with Crippen LogP contribution in [-0.2, 0) is 11.3 Å². The molecule has 3 aromatic rings. The highest BCUT2D eigenvalue weighted by molar-refractivity contribution is 7.80. The van der Waals surface area contributed by atoms with Crippen LogP contribution < -0.4 is 14.8 Å². The number of thiocarbonyl (C=S) groups is 1. The van der Waals surface area contributed by atoms with Crippen molar-refractivity contribution in [3.05, 3.63) is 66.0 Å². The van der Waals surface area contributed by atoms with Crippen LogP contribution in [0.4, 0.5) is 0 Å². The van der Waals surface area contributed by atoms with Crippen molar-refractivity contribution in [1.82, 2.24) is 14.8 Å². The summed E-state index contributed by atoms with van der Waals surface area (Å²) in [5.74, 6) is 1.54. The number of carbonyl (C=O) groups excluding carboxylic acids is 1. The van der Waals surface area contributed by atoms with E-state index in [2.05, 4.69) is 22.0 Å². The second kappa shape index (κ2) is 9.44. The molecule has 1 amide bonds. The fourth-order valence-corrected chi connectivity index (χ4v) is 4.06. The maximum absolute atomic E-state index is 12.6. The van der Waals surface area contributed by atoms with Gasteiger partial charge in [-0.15, -0.1) is 0 Å². The molecule has 2 heterocycles. The third-order valence-corrected chi connectivity index (χ3v) is 5.52. The minimum Gasteiger partial charge on any atom is -0.492 e. The van der Waals surface area contributed by atoms with Crippen molar-refractivity contribution < 1.29 is 14.3 Å². The van der Waals surface area contributed by atoms with Crippen LogP contribution in [-0.4, -0.2) is 39.7 Å². The Kier molecular flexibility index (Phi) is 6.46. The van der Waals surface area contributed by atoms with E-state index in [-0.39, 0.29) is 12.0 Å². The van der Waals surface area contributed by atoms with Gasteiger partial charge in [-0.2, -0.15) is 0 Å². The predicted octanol–water partition coefficient (Wildman–Crippen LogP) is 4.59. The Bertz CT molecular complexity index is 1160. The molecule has 0 radical (unpaired) electrons. The third kappa shape index (κ3) is 4.62. The number of nitrogens with one attached hydrogen (secondary N) is 1. The summed E-state index contributed by atoms with van der Waals surface area (Å²) in [6, 6.07) is 15.8. The first-order valence-electron chi connectivity index (χ1n) is 10.8. The zero-order valence-corrected chi connectivity index (χ0v) is 19.3. The van der Waals surface area contributed by atoms with E-state index in [1.165, 1.54) is 0 Å². The molecule has 0 bridgehead atoms. The van der Waals surface area contributed by atoms with Gasteiger partial charge in [0.1, 0.15) is 23.8 Å². The van der Waals surface area contributed by atoms with E-state index in [0.29, 0.717) is 30.5 Å². The van der Waals surface area contributed by atoms with E-state index < -0.39 is 0 Å². The normalized spacial score (nSPS) is 15.1. The number of amides is 1. The summed E-state index contributed by atoms with van der Waals surface area (Å²) < 4.78 is 13.8. The first kappa shape index (κ1) is 21.9. The Morgan fingerprint density at radius 1 is 1.09 bits per heavy atom. The molecule has 0 spiro atoms. The van der Waals surface area contributed by atoms with Crippen LogP contribution in [0.3, 0.4) is 0 Å². The van der Waals surface area contributed by atoms with Crippen LogP contribution in [0.15, 0.2) is 60.4 Å². The summed E-state index contributed by atoms with van der Waals surface area (Å²) in [5, 5.41) is 4.56. The van der Waals surface area contributed by atoms with E-state index in [0.717, 1.165) is 28.0 Å². The number of carbonyl (C=O) groups is 1. The molecule has 32 heavy (non-hydrogen) atoms. The lowest BCUT2D eigenvalue weighted by Gasteiger charge is -2.11. The summed E-state index contributed by atoms with van der Waals surface area (Å²) in [7, 11) is 0. The van der Waals surface area contributed by atoms with Gasteiger partial charge in [0, 0.05) is 29.2 Å². The number of ether oxygens (including phenoxy) is 2. The third-order valence-electron chi connectivity index (χ3n) is 5.19. The molecule has 166 valence electrons. The Hall–Kier alpha value is -3.32. The lowest BCUT2D eigenvalue weighted by molar-refractivity contribution is -0.122. The highest BCUT2D eigenvalue weighted by Gasteiger charge is 2.29. The minimum atomic E-state index is -0.0949. The van der Waals surface area contributed by atoms with E-state index in [4.69, 9.17) is 21.7 Å². The van der Waals surface area contributed by atoms with Gasteiger partial charge < -0.3 is 19.4 Å². The van der Waals surface area contributed by atoms with Crippen molar-refractivity contribution in [2.75, 3.05) is 13.2 Å². The maximum atomic E-state index is 12.6. The first-order chi connectivity index (χ1) is 15.5. The number of likely N-dealkylation sites (N-methyl/N-ethyl adjacent to an activating group) is 1. The zero-order valence-electron chi connectivity index (χ0n) is 18.5. The van der Waals surface area contributed by atoms with Crippen LogP contribution in [0.2, 0.25) is 0 Å². The molecule has 1 aromatic heterocycles. The fourth-order valence-electron chi connectivity index (χ4n) is 3.74. The molecule has 1 aliphatic heterocycles. The van der Waals surface area contributed by atoms with Gasteiger partial charge in [0.2, 0.25) is 0 Å². The van der Waals surface area contributed by atoms with Gasteiger partial charge in [0.25, 0.3) is 5.91 Å². The van der Waals surface area contributed by atoms with E-state index in [9.17, 15) is 4.79 Å². The second-order valence-electron chi connectivity index (χ2n) is 7.82. The lowest BCUT2D eigenvalue weighted by atomic mass is 10.1. The maximum Gasteiger partial charge on any atom is 0.276 e. The Labute approximate surface area is 193 Å². The molecule has 0 aliphatic carbocycles. The topological polar surface area (TPSA) is 55.7 Å². The molecule has 1 aliphatic rings. The number of nitrogens with zero attached hydrogens (tertiary/aromatic N) is 2. The number of para-hydroxylation sites is 1. The van der Waals surface area contributed by atoms with Crippen molar-refractivity contribution in [3.8, 4) is 11.5 Å². The van der Waals surface area contributed by atoms with Crippen molar-refractivity contribution in [1.29, 1.82) is 0 Å². The van der Waals surface area contributed by atoms with Gasteiger partial charge >= 0.3 is 0 Å². The van der Waals surface area contributed by atoms with E-state index in [1.54, 1.807) is 4.90 Å². The van der Waals surface area contributed by atoms with Gasteiger partial charge in [-0.1, -0.05) is 18.2 Å². The summed E-state index contributed by atoms with van der Waals surface area (Å²) >= 11 is 5.27. The molecule has 1 saturated heterocycles. The monoisotopic (exact) mass is 449 g/mol. The van der Waals surface area contributed by atoms with Gasteiger partial charge in [-0.3, -0.25) is 9.69 Å². The van der Waals surface area contributed by atoms with Crippen LogP contribution >= 0.6 is 12.2 Å². The first-order valence-corrected chi connectivity index (χ1v) is 11.2. The number of hydrogen-bond donors (Lipinski definition) is 1. The number of hydrogen-bond acceptors (Lipinski definition) is 4. The van der Waals surface area contributed by atoms with Crippen molar-refractivity contribution >= 4 is 40.2 Å². The summed E-state index contributed by atoms with van der Waals surface area (Å²) in [5.41, 5.74) is 2.55. The summed E-state index contributed by atoms with van der Waals surface area (Å²) in [6.45, 7) is 7.65. The molecule has 0 saturated carbocycles. The highest BCUT2D eigenvalue weighted by Crippen LogP contribution is 2.25. The van der Waals surface area contributed by atoms with Crippen LogP contribution in [0.25, 0.3) is 17.0 Å². The SMILES string of the molecule is CCN1C(=O)/C(=C/c2cn(CCOc3ccc(OC(C)C)cc3)c3ccccc23)NC1=S. The van der Waals surface area contributed by atoms with Gasteiger partial charge in [-0.05, 0) is 69.4 Å². The molecule has 6 nitrogen and oxygen atoms in total. The van der Waals surface area contributed by atoms with E-state index >= 15 is 0 Å². The average molecular weight is 450 g/mol. The molecule has 4 rings (SSSR count). The molecular weight excluding hydrogens is 422 g/mol. The molecule has 1 fully saturated rings. The Morgan fingerprint density at radius 3 is 2.50 bits per heavy atom. The lowest BCUT2D eigenvalue weighted by Crippen LogP contribution is -2.30. The number of rotatable bonds is 8. The van der Waals surface area contributed by atoms with Gasteiger partial charge in [0.05, 0.1) is 12.6 Å². The quantitative estimate of drug-likeness (QED) is 0.403. The summed E-state index contributed by atoms with van der Waals surface area (Å²) in [6.07, 6.45) is 4.06. The Morgan fingerprint density at radius 2 is 1.81 bits per heavy atom. The molecule has 7 heteroatoms. The highest BCUT2D eigenvalue weighted by atomic mass is 32.1. The molecule has 1 N–H and O–H groups in total. The smallest absolute Gasteiger partial charge is 0.276 e. The van der Waals surface area contributed by atoms with Crippen LogP contribution in [0, 0.1) is 0 Å². The van der Waals surface area contributed by atoms with Crippen molar-refractivity contribution in [2.45, 2.75) is 33.4 Å². The largest absolute Gasteiger partial charge is 0.492 e.